The first-order chi connectivity index (χ1) is 17.0. The summed E-state index contributed by atoms with van der Waals surface area (Å²) in [7, 11) is 1.34. The van der Waals surface area contributed by atoms with Crippen molar-refractivity contribution in [2.45, 2.75) is 44.8 Å². The van der Waals surface area contributed by atoms with Crippen LogP contribution in [0.25, 0.3) is 11.1 Å². The van der Waals surface area contributed by atoms with Gasteiger partial charge in [-0.05, 0) is 77.9 Å². The fourth-order valence-electron chi connectivity index (χ4n) is 5.12. The molecule has 0 spiro atoms. The molecule has 35 heavy (non-hydrogen) atoms. The van der Waals surface area contributed by atoms with Crippen molar-refractivity contribution in [2.75, 3.05) is 13.7 Å². The quantitative estimate of drug-likeness (QED) is 0.380. The van der Waals surface area contributed by atoms with Gasteiger partial charge < -0.3 is 14.4 Å². The molecule has 180 valence electrons. The van der Waals surface area contributed by atoms with E-state index in [0.29, 0.717) is 23.2 Å². The van der Waals surface area contributed by atoms with Crippen LogP contribution >= 0.6 is 11.6 Å². The lowest BCUT2D eigenvalue weighted by molar-refractivity contribution is 0.0600. The highest BCUT2D eigenvalue weighted by atomic mass is 35.5. The summed E-state index contributed by atoms with van der Waals surface area (Å²) < 4.78 is 10.9. The second kappa shape index (κ2) is 10.1. The molecule has 3 aromatic carbocycles. The molecule has 3 aromatic rings. The van der Waals surface area contributed by atoms with E-state index in [1.54, 1.807) is 12.1 Å². The zero-order valence-electron chi connectivity index (χ0n) is 19.8. The van der Waals surface area contributed by atoms with Crippen molar-refractivity contribution in [1.82, 2.24) is 4.90 Å². The Morgan fingerprint density at radius 3 is 2.63 bits per heavy atom. The van der Waals surface area contributed by atoms with E-state index in [-0.39, 0.29) is 5.91 Å². The number of fused-ring (bicyclic) bond motifs is 1. The van der Waals surface area contributed by atoms with Crippen LogP contribution in [0.1, 0.15) is 57.5 Å². The summed E-state index contributed by atoms with van der Waals surface area (Å²) in [4.78, 5) is 27.1. The van der Waals surface area contributed by atoms with Crippen molar-refractivity contribution in [1.29, 1.82) is 0 Å². The van der Waals surface area contributed by atoms with Crippen LogP contribution in [0, 0.1) is 0 Å². The van der Waals surface area contributed by atoms with Crippen molar-refractivity contribution in [3.63, 3.8) is 0 Å². The Morgan fingerprint density at radius 1 is 1.03 bits per heavy atom. The molecule has 1 fully saturated rings. The molecule has 0 N–H and O–H groups in total. The van der Waals surface area contributed by atoms with Gasteiger partial charge in [-0.15, -0.1) is 0 Å². The third-order valence-corrected chi connectivity index (χ3v) is 7.32. The third-order valence-electron chi connectivity index (χ3n) is 6.99. The van der Waals surface area contributed by atoms with Gasteiger partial charge in [-0.1, -0.05) is 48.7 Å². The maximum atomic E-state index is 13.0. The van der Waals surface area contributed by atoms with Crippen LogP contribution in [-0.2, 0) is 17.8 Å². The zero-order valence-corrected chi connectivity index (χ0v) is 20.5. The van der Waals surface area contributed by atoms with Crippen molar-refractivity contribution < 1.29 is 19.1 Å². The van der Waals surface area contributed by atoms with Crippen LogP contribution in [-0.4, -0.2) is 36.5 Å². The molecular formula is C29H28ClNO4. The summed E-state index contributed by atoms with van der Waals surface area (Å²) in [6, 6.07) is 19.5. The summed E-state index contributed by atoms with van der Waals surface area (Å²) in [5.41, 5.74) is 5.03. The SMILES string of the molecule is COC(=O)c1cc(-c2cccc(COc3ccc4c(c3)CCN(C3CCCC3)C4=O)c2)ccc1Cl. The first kappa shape index (κ1) is 23.4. The Morgan fingerprint density at radius 2 is 1.83 bits per heavy atom. The van der Waals surface area contributed by atoms with E-state index < -0.39 is 5.97 Å². The topological polar surface area (TPSA) is 55.8 Å². The summed E-state index contributed by atoms with van der Waals surface area (Å²) in [6.07, 6.45) is 5.56. The highest BCUT2D eigenvalue weighted by Gasteiger charge is 2.31. The number of halogens is 1. The molecule has 1 aliphatic carbocycles. The normalized spacial score (nSPS) is 15.7. The minimum absolute atomic E-state index is 0.159. The Labute approximate surface area is 210 Å². The number of ether oxygens (including phenoxy) is 2. The van der Waals surface area contributed by atoms with Gasteiger partial charge in [0.25, 0.3) is 5.91 Å². The minimum Gasteiger partial charge on any atom is -0.489 e. The number of hydrogen-bond donors (Lipinski definition) is 0. The highest BCUT2D eigenvalue weighted by Crippen LogP contribution is 2.31. The lowest BCUT2D eigenvalue weighted by Crippen LogP contribution is -2.43. The molecule has 0 unspecified atom stereocenters. The monoisotopic (exact) mass is 489 g/mol. The number of esters is 1. The maximum absolute atomic E-state index is 13.0. The molecule has 2 aliphatic rings. The smallest absolute Gasteiger partial charge is 0.339 e. The Hall–Kier alpha value is -3.31. The van der Waals surface area contributed by atoms with E-state index >= 15 is 0 Å². The molecule has 0 radical (unpaired) electrons. The van der Waals surface area contributed by atoms with Crippen LogP contribution in [0.3, 0.4) is 0 Å². The number of hydrogen-bond acceptors (Lipinski definition) is 4. The fraction of sp³-hybridized carbons (Fsp3) is 0.310. The predicted molar refractivity (Wildman–Crippen MR) is 136 cm³/mol. The number of carbonyl (C=O) groups excluding carboxylic acids is 2. The average molecular weight is 490 g/mol. The van der Waals surface area contributed by atoms with E-state index in [9.17, 15) is 9.59 Å². The zero-order chi connectivity index (χ0) is 24.4. The van der Waals surface area contributed by atoms with Gasteiger partial charge in [-0.2, -0.15) is 0 Å². The second-order valence-corrected chi connectivity index (χ2v) is 9.59. The number of nitrogens with zero attached hydrogens (tertiary/aromatic N) is 1. The molecule has 0 aromatic heterocycles. The van der Waals surface area contributed by atoms with E-state index in [4.69, 9.17) is 21.1 Å². The van der Waals surface area contributed by atoms with Gasteiger partial charge in [0.05, 0.1) is 17.7 Å². The molecule has 6 heteroatoms. The summed E-state index contributed by atoms with van der Waals surface area (Å²) in [5, 5.41) is 0.359. The van der Waals surface area contributed by atoms with Crippen LogP contribution < -0.4 is 4.74 Å². The number of carbonyl (C=O) groups is 2. The maximum Gasteiger partial charge on any atom is 0.339 e. The number of benzene rings is 3. The summed E-state index contributed by atoms with van der Waals surface area (Å²) in [6.45, 7) is 1.18. The minimum atomic E-state index is -0.464. The molecule has 0 bridgehead atoms. The molecule has 1 aliphatic heterocycles. The summed E-state index contributed by atoms with van der Waals surface area (Å²) >= 11 is 6.16. The molecular weight excluding hydrogens is 462 g/mol. The van der Waals surface area contributed by atoms with Gasteiger partial charge in [0.1, 0.15) is 12.4 Å². The third kappa shape index (κ3) is 4.92. The second-order valence-electron chi connectivity index (χ2n) is 9.18. The Kier molecular flexibility index (Phi) is 6.78. The van der Waals surface area contributed by atoms with E-state index in [2.05, 4.69) is 4.90 Å². The van der Waals surface area contributed by atoms with E-state index in [0.717, 1.165) is 59.4 Å². The number of methoxy groups -OCH3 is 1. The van der Waals surface area contributed by atoms with Gasteiger partial charge in [0.15, 0.2) is 0 Å². The van der Waals surface area contributed by atoms with Gasteiger partial charge in [-0.25, -0.2) is 4.79 Å². The largest absolute Gasteiger partial charge is 0.489 e. The molecule has 1 amide bonds. The number of rotatable bonds is 6. The van der Waals surface area contributed by atoms with E-state index in [1.807, 2.05) is 48.5 Å². The lowest BCUT2D eigenvalue weighted by atomic mass is 9.97. The van der Waals surface area contributed by atoms with Crippen molar-refractivity contribution >= 4 is 23.5 Å². The average Bonchev–Trinajstić information content (AvgIpc) is 3.42. The van der Waals surface area contributed by atoms with Crippen LogP contribution in [0.2, 0.25) is 5.02 Å². The predicted octanol–water partition coefficient (Wildman–Crippen LogP) is 6.31. The van der Waals surface area contributed by atoms with Gasteiger partial charge in [0, 0.05) is 18.2 Å². The molecule has 5 rings (SSSR count). The Balaban J connectivity index is 1.28. The van der Waals surface area contributed by atoms with Crippen molar-refractivity contribution in [3.8, 4) is 16.9 Å². The van der Waals surface area contributed by atoms with Crippen molar-refractivity contribution in [2.24, 2.45) is 0 Å². The Bertz CT molecular complexity index is 1270. The first-order valence-electron chi connectivity index (χ1n) is 12.1. The van der Waals surface area contributed by atoms with Crippen molar-refractivity contribution in [3.05, 3.63) is 87.9 Å². The van der Waals surface area contributed by atoms with Crippen LogP contribution in [0.5, 0.6) is 5.75 Å². The molecule has 5 nitrogen and oxygen atoms in total. The van der Waals surface area contributed by atoms with Crippen LogP contribution in [0.15, 0.2) is 60.7 Å². The number of amides is 1. The van der Waals surface area contributed by atoms with E-state index in [1.165, 1.54) is 20.0 Å². The first-order valence-corrected chi connectivity index (χ1v) is 12.4. The van der Waals surface area contributed by atoms with Crippen LogP contribution in [0.4, 0.5) is 0 Å². The summed E-state index contributed by atoms with van der Waals surface area (Å²) in [5.74, 6) is 0.455. The lowest BCUT2D eigenvalue weighted by Gasteiger charge is -2.33. The molecule has 1 saturated carbocycles. The standard InChI is InChI=1S/C29H28ClNO4/c1-34-29(33)26-17-21(9-12-27(26)30)20-6-4-5-19(15-20)18-35-24-10-11-25-22(16-24)13-14-31(28(25)32)23-7-2-3-8-23/h4-6,9-12,15-17,23H,2-3,7-8,13-14,18H2,1H3. The molecule has 0 saturated heterocycles. The molecule has 0 atom stereocenters. The van der Waals surface area contributed by atoms with Gasteiger partial charge in [-0.3, -0.25) is 4.79 Å². The molecule has 1 heterocycles. The highest BCUT2D eigenvalue weighted by molar-refractivity contribution is 6.33. The van der Waals surface area contributed by atoms with Gasteiger partial charge >= 0.3 is 5.97 Å². The fourth-order valence-corrected chi connectivity index (χ4v) is 5.31. The van der Waals surface area contributed by atoms with Gasteiger partial charge in [0.2, 0.25) is 0 Å².